The number of fused-ring (bicyclic) bond motifs is 2. The van der Waals surface area contributed by atoms with Gasteiger partial charge in [0.1, 0.15) is 23.0 Å². The highest BCUT2D eigenvalue weighted by Gasteiger charge is 2.24. The van der Waals surface area contributed by atoms with Crippen LogP contribution in [0.5, 0.6) is 0 Å². The van der Waals surface area contributed by atoms with Crippen molar-refractivity contribution in [3.05, 3.63) is 11.8 Å². The van der Waals surface area contributed by atoms with Crippen molar-refractivity contribution < 1.29 is 24.2 Å². The Balaban J connectivity index is 2.09. The lowest BCUT2D eigenvalue weighted by Gasteiger charge is -2.23. The van der Waals surface area contributed by atoms with Gasteiger partial charge < -0.3 is 31.1 Å². The van der Waals surface area contributed by atoms with Crippen LogP contribution in [0.15, 0.2) is 6.20 Å². The molecule has 0 radical (unpaired) electrons. The van der Waals surface area contributed by atoms with Gasteiger partial charge in [0.25, 0.3) is 0 Å². The normalized spacial score (nSPS) is 18.5. The lowest BCUT2D eigenvalue weighted by molar-refractivity contribution is -0.123. The molecule has 1 aromatic heterocycles. The Morgan fingerprint density at radius 1 is 1.13 bits per heavy atom. The van der Waals surface area contributed by atoms with Gasteiger partial charge in [-0.2, -0.15) is 4.98 Å². The highest BCUT2D eigenvalue weighted by molar-refractivity contribution is 5.93. The molecule has 2 bridgehead atoms. The fourth-order valence-corrected chi connectivity index (χ4v) is 2.77. The number of nitrogens with zero attached hydrogens (tertiary/aromatic N) is 2. The summed E-state index contributed by atoms with van der Waals surface area (Å²) in [4.78, 5) is 44.3. The number of alkyl carbamates (subject to hydrolysis) is 1. The van der Waals surface area contributed by atoms with E-state index in [1.54, 1.807) is 20.8 Å². The standard InChI is InChI=1S/C19H30N6O5/c1-19(2,3)30-18(29)24-13-7-6-10-20-14-12(16(27)28)11-23-17(25-14)22-9-5-4-8-21-15(13)26/h11,13H,4-10H2,1-3H3,(H,21,26)(H,24,29)(H,27,28)(H2,20,22,23,25). The Kier molecular flexibility index (Phi) is 8.19. The van der Waals surface area contributed by atoms with Crippen LogP contribution in [0.25, 0.3) is 0 Å². The van der Waals surface area contributed by atoms with E-state index in [1.165, 1.54) is 6.20 Å². The van der Waals surface area contributed by atoms with Gasteiger partial charge in [-0.15, -0.1) is 0 Å². The predicted octanol–water partition coefficient (Wildman–Crippen LogP) is 1.58. The first kappa shape index (κ1) is 23.2. The van der Waals surface area contributed by atoms with Gasteiger partial charge in [0.15, 0.2) is 0 Å². The van der Waals surface area contributed by atoms with Gasteiger partial charge in [0.2, 0.25) is 11.9 Å². The van der Waals surface area contributed by atoms with E-state index in [-0.39, 0.29) is 17.3 Å². The van der Waals surface area contributed by atoms with E-state index in [0.717, 1.165) is 12.8 Å². The Hall–Kier alpha value is -3.11. The molecular weight excluding hydrogens is 392 g/mol. The van der Waals surface area contributed by atoms with Gasteiger partial charge in [-0.1, -0.05) is 0 Å². The van der Waals surface area contributed by atoms with Crippen LogP contribution in [0.3, 0.4) is 0 Å². The van der Waals surface area contributed by atoms with E-state index in [1.807, 2.05) is 0 Å². The summed E-state index contributed by atoms with van der Waals surface area (Å²) < 4.78 is 5.25. The molecule has 0 saturated carbocycles. The third kappa shape index (κ3) is 7.72. The number of hydrogen-bond acceptors (Lipinski definition) is 8. The van der Waals surface area contributed by atoms with Crippen molar-refractivity contribution in [1.29, 1.82) is 0 Å². The SMILES string of the molecule is CC(C)(C)OC(=O)NC1CCCNc2nc(ncc2C(=O)O)NCCCCNC1=O. The zero-order chi connectivity index (χ0) is 22.1. The largest absolute Gasteiger partial charge is 0.477 e. The maximum absolute atomic E-state index is 12.5. The number of carboxylic acid groups (broad SMARTS) is 1. The highest BCUT2D eigenvalue weighted by Crippen LogP contribution is 2.15. The van der Waals surface area contributed by atoms with Crippen molar-refractivity contribution in [2.24, 2.45) is 0 Å². The number of carbonyl (C=O) groups is 3. The van der Waals surface area contributed by atoms with E-state index in [4.69, 9.17) is 4.74 Å². The van der Waals surface area contributed by atoms with Crippen molar-refractivity contribution in [1.82, 2.24) is 20.6 Å². The predicted molar refractivity (Wildman–Crippen MR) is 111 cm³/mol. The van der Waals surface area contributed by atoms with Crippen molar-refractivity contribution >= 4 is 29.7 Å². The number of nitrogens with one attached hydrogen (secondary N) is 4. The van der Waals surface area contributed by atoms with Gasteiger partial charge in [0.05, 0.1) is 0 Å². The zero-order valence-electron chi connectivity index (χ0n) is 17.6. The van der Waals surface area contributed by atoms with Crippen molar-refractivity contribution in [2.75, 3.05) is 30.3 Å². The molecule has 1 aromatic rings. The second-order valence-electron chi connectivity index (χ2n) is 7.95. The summed E-state index contributed by atoms with van der Waals surface area (Å²) in [6, 6.07) is -0.759. The maximum atomic E-state index is 12.5. The number of carbonyl (C=O) groups excluding carboxylic acids is 2. The number of hydrogen-bond donors (Lipinski definition) is 5. The summed E-state index contributed by atoms with van der Waals surface area (Å²) in [5, 5.41) is 20.8. The molecule has 0 aromatic carbocycles. The molecule has 1 atom stereocenters. The molecule has 0 aliphatic carbocycles. The molecule has 1 aliphatic rings. The maximum Gasteiger partial charge on any atom is 0.408 e. The summed E-state index contributed by atoms with van der Waals surface area (Å²) >= 11 is 0. The third-order valence-electron chi connectivity index (χ3n) is 4.17. The van der Waals surface area contributed by atoms with Crippen LogP contribution in [0, 0.1) is 0 Å². The second-order valence-corrected chi connectivity index (χ2v) is 7.95. The fourth-order valence-electron chi connectivity index (χ4n) is 2.77. The van der Waals surface area contributed by atoms with E-state index in [9.17, 15) is 19.5 Å². The first-order chi connectivity index (χ1) is 14.2. The fraction of sp³-hybridized carbons (Fsp3) is 0.632. The minimum Gasteiger partial charge on any atom is -0.477 e. The number of carboxylic acids is 1. The highest BCUT2D eigenvalue weighted by atomic mass is 16.6. The minimum atomic E-state index is -1.13. The van der Waals surface area contributed by atoms with E-state index >= 15 is 0 Å². The molecule has 11 heteroatoms. The number of aromatic nitrogens is 2. The summed E-state index contributed by atoms with van der Waals surface area (Å²) in [5.74, 6) is -0.872. The summed E-state index contributed by atoms with van der Waals surface area (Å²) in [6.07, 6.45) is 2.89. The molecule has 1 aliphatic heterocycles. The first-order valence-electron chi connectivity index (χ1n) is 10.0. The topological polar surface area (TPSA) is 155 Å². The second kappa shape index (κ2) is 10.6. The van der Waals surface area contributed by atoms with Gasteiger partial charge in [-0.05, 0) is 46.5 Å². The molecule has 166 valence electrons. The summed E-state index contributed by atoms with van der Waals surface area (Å²) in [7, 11) is 0. The average Bonchev–Trinajstić information content (AvgIpc) is 2.64. The van der Waals surface area contributed by atoms with E-state index < -0.39 is 23.7 Å². The Morgan fingerprint density at radius 2 is 1.80 bits per heavy atom. The molecule has 0 saturated heterocycles. The third-order valence-corrected chi connectivity index (χ3v) is 4.17. The molecule has 0 fully saturated rings. The van der Waals surface area contributed by atoms with Crippen LogP contribution < -0.4 is 21.3 Å². The molecular formula is C19H30N6O5. The average molecular weight is 422 g/mol. The molecule has 11 nitrogen and oxygen atoms in total. The van der Waals surface area contributed by atoms with Gasteiger partial charge in [0, 0.05) is 25.8 Å². The van der Waals surface area contributed by atoms with E-state index in [0.29, 0.717) is 38.4 Å². The number of rotatable bonds is 2. The lowest BCUT2D eigenvalue weighted by Crippen LogP contribution is -2.48. The van der Waals surface area contributed by atoms with Crippen LogP contribution in [-0.4, -0.2) is 64.3 Å². The van der Waals surface area contributed by atoms with Crippen LogP contribution in [0.4, 0.5) is 16.6 Å². The number of amides is 2. The summed E-state index contributed by atoms with van der Waals surface area (Å²) in [6.45, 7) is 6.64. The minimum absolute atomic E-state index is 0.0361. The Bertz CT molecular complexity index is 764. The first-order valence-corrected chi connectivity index (χ1v) is 10.0. The Morgan fingerprint density at radius 3 is 2.47 bits per heavy atom. The molecule has 0 spiro atoms. The molecule has 2 rings (SSSR count). The quantitative estimate of drug-likeness (QED) is 0.478. The van der Waals surface area contributed by atoms with Crippen LogP contribution >= 0.6 is 0 Å². The van der Waals surface area contributed by atoms with Crippen molar-refractivity contribution in [3.8, 4) is 0 Å². The monoisotopic (exact) mass is 422 g/mol. The molecule has 30 heavy (non-hydrogen) atoms. The smallest absolute Gasteiger partial charge is 0.408 e. The number of aromatic carboxylic acids is 1. The number of anilines is 2. The van der Waals surface area contributed by atoms with Crippen molar-refractivity contribution in [2.45, 2.75) is 58.1 Å². The van der Waals surface area contributed by atoms with Gasteiger partial charge >= 0.3 is 12.1 Å². The van der Waals surface area contributed by atoms with Crippen LogP contribution in [-0.2, 0) is 9.53 Å². The molecule has 1 unspecified atom stereocenters. The van der Waals surface area contributed by atoms with Crippen molar-refractivity contribution in [3.63, 3.8) is 0 Å². The van der Waals surface area contributed by atoms with Gasteiger partial charge in [-0.3, -0.25) is 4.79 Å². The van der Waals surface area contributed by atoms with Crippen LogP contribution in [0.2, 0.25) is 0 Å². The Labute approximate surface area is 175 Å². The number of ether oxygens (including phenoxy) is 1. The van der Waals surface area contributed by atoms with Crippen LogP contribution in [0.1, 0.15) is 56.8 Å². The van der Waals surface area contributed by atoms with E-state index in [2.05, 4.69) is 31.2 Å². The molecule has 2 amide bonds. The lowest BCUT2D eigenvalue weighted by atomic mass is 10.1. The molecule has 5 N–H and O–H groups in total. The zero-order valence-corrected chi connectivity index (χ0v) is 17.6. The van der Waals surface area contributed by atoms with Gasteiger partial charge in [-0.25, -0.2) is 14.6 Å². The molecule has 2 heterocycles. The summed E-state index contributed by atoms with van der Waals surface area (Å²) in [5.41, 5.74) is -0.710.